The third kappa shape index (κ3) is 3.40. The van der Waals surface area contributed by atoms with E-state index in [9.17, 15) is 4.79 Å². The highest BCUT2D eigenvalue weighted by Gasteiger charge is 2.10. The first kappa shape index (κ1) is 14.0. The lowest BCUT2D eigenvalue weighted by Gasteiger charge is -2.08. The number of halogens is 1. The Morgan fingerprint density at radius 2 is 2.10 bits per heavy atom. The van der Waals surface area contributed by atoms with Crippen LogP contribution in [-0.2, 0) is 11.3 Å². The first-order valence-corrected chi connectivity index (χ1v) is 8.00. The lowest BCUT2D eigenvalue weighted by molar-refractivity contribution is -0.116. The fraction of sp³-hybridized carbons (Fsp3) is 0.0667. The van der Waals surface area contributed by atoms with Crippen molar-refractivity contribution in [3.63, 3.8) is 0 Å². The van der Waals surface area contributed by atoms with Gasteiger partial charge in [-0.2, -0.15) is 0 Å². The zero-order valence-corrected chi connectivity index (χ0v) is 13.4. The highest BCUT2D eigenvalue weighted by molar-refractivity contribution is 9.10. The molecule has 0 aliphatic carbocycles. The number of carbonyl (C=O) groups is 1. The summed E-state index contributed by atoms with van der Waals surface area (Å²) in [6.07, 6.45) is 3.53. The normalized spacial score (nSPS) is 10.5. The quantitative estimate of drug-likeness (QED) is 0.762. The molecule has 106 valence electrons. The van der Waals surface area contributed by atoms with Gasteiger partial charge in [-0.05, 0) is 35.7 Å². The molecule has 6 heteroatoms. The zero-order valence-electron chi connectivity index (χ0n) is 11.0. The van der Waals surface area contributed by atoms with Crippen LogP contribution in [0.1, 0.15) is 0 Å². The van der Waals surface area contributed by atoms with E-state index >= 15 is 0 Å². The van der Waals surface area contributed by atoms with Crippen LogP contribution in [0.5, 0.6) is 0 Å². The molecule has 0 spiro atoms. The number of carbonyl (C=O) groups excluding carboxylic acids is 1. The molecular weight excluding hydrogens is 350 g/mol. The molecule has 2 aromatic heterocycles. The Balaban J connectivity index is 1.71. The first-order chi connectivity index (χ1) is 10.2. The summed E-state index contributed by atoms with van der Waals surface area (Å²) < 4.78 is 2.83. The molecule has 1 amide bonds. The number of hydrogen-bond acceptors (Lipinski definition) is 3. The molecule has 0 aliphatic rings. The number of anilines is 1. The van der Waals surface area contributed by atoms with Crippen LogP contribution >= 0.6 is 27.3 Å². The van der Waals surface area contributed by atoms with Gasteiger partial charge in [-0.15, -0.1) is 11.3 Å². The van der Waals surface area contributed by atoms with Crippen molar-refractivity contribution in [2.75, 3.05) is 5.32 Å². The van der Waals surface area contributed by atoms with Crippen LogP contribution in [0.4, 0.5) is 5.69 Å². The van der Waals surface area contributed by atoms with E-state index in [1.54, 1.807) is 17.5 Å². The van der Waals surface area contributed by atoms with Crippen LogP contribution < -0.4 is 5.32 Å². The van der Waals surface area contributed by atoms with Gasteiger partial charge >= 0.3 is 0 Å². The van der Waals surface area contributed by atoms with E-state index in [-0.39, 0.29) is 12.5 Å². The second-order valence-corrected chi connectivity index (χ2v) is 6.27. The van der Waals surface area contributed by atoms with Crippen LogP contribution in [0.25, 0.3) is 10.7 Å². The van der Waals surface area contributed by atoms with Gasteiger partial charge < -0.3 is 9.88 Å². The predicted octanol–water partition coefficient (Wildman–Crippen LogP) is 4.01. The predicted molar refractivity (Wildman–Crippen MR) is 88.3 cm³/mol. The number of nitrogens with one attached hydrogen (secondary N) is 1. The van der Waals surface area contributed by atoms with Crippen molar-refractivity contribution in [2.24, 2.45) is 0 Å². The van der Waals surface area contributed by atoms with Crippen LogP contribution in [-0.4, -0.2) is 15.5 Å². The monoisotopic (exact) mass is 361 g/mol. The number of benzene rings is 1. The molecule has 0 radical (unpaired) electrons. The second-order valence-electron chi connectivity index (χ2n) is 4.41. The number of aromatic nitrogens is 2. The molecule has 4 nitrogen and oxygen atoms in total. The number of amides is 1. The van der Waals surface area contributed by atoms with Gasteiger partial charge in [0.2, 0.25) is 5.91 Å². The SMILES string of the molecule is O=C(Cn1ccnc1-c1cccs1)Nc1ccc(Br)cc1. The molecule has 0 bridgehead atoms. The Hall–Kier alpha value is -1.92. The Bertz CT molecular complexity index is 735. The van der Waals surface area contributed by atoms with E-state index in [0.717, 1.165) is 20.9 Å². The molecule has 0 unspecified atom stereocenters. The minimum atomic E-state index is -0.0758. The number of nitrogens with zero attached hydrogens (tertiary/aromatic N) is 2. The van der Waals surface area contributed by atoms with Crippen molar-refractivity contribution >= 4 is 38.9 Å². The van der Waals surface area contributed by atoms with Crippen molar-refractivity contribution in [2.45, 2.75) is 6.54 Å². The number of thiophene rings is 1. The number of imidazole rings is 1. The van der Waals surface area contributed by atoms with Crippen molar-refractivity contribution < 1.29 is 4.79 Å². The minimum Gasteiger partial charge on any atom is -0.325 e. The van der Waals surface area contributed by atoms with E-state index < -0.39 is 0 Å². The molecule has 3 aromatic rings. The van der Waals surface area contributed by atoms with Crippen LogP contribution in [0.3, 0.4) is 0 Å². The number of rotatable bonds is 4. The molecule has 21 heavy (non-hydrogen) atoms. The standard InChI is InChI=1S/C15H12BrN3OS/c16-11-3-5-12(6-4-11)18-14(20)10-19-8-7-17-15(19)13-2-1-9-21-13/h1-9H,10H2,(H,18,20). The number of hydrogen-bond donors (Lipinski definition) is 1. The molecule has 0 fully saturated rings. The summed E-state index contributed by atoms with van der Waals surface area (Å²) >= 11 is 4.98. The van der Waals surface area contributed by atoms with E-state index in [4.69, 9.17) is 0 Å². The molecule has 3 rings (SSSR count). The Morgan fingerprint density at radius 1 is 1.29 bits per heavy atom. The van der Waals surface area contributed by atoms with Gasteiger partial charge in [0.15, 0.2) is 0 Å². The minimum absolute atomic E-state index is 0.0758. The second kappa shape index (κ2) is 6.24. The average molecular weight is 362 g/mol. The lowest BCUT2D eigenvalue weighted by atomic mass is 10.3. The third-order valence-electron chi connectivity index (χ3n) is 2.90. The fourth-order valence-corrected chi connectivity index (χ4v) is 2.96. The van der Waals surface area contributed by atoms with E-state index in [1.165, 1.54) is 0 Å². The van der Waals surface area contributed by atoms with Crippen molar-refractivity contribution in [3.05, 3.63) is 58.6 Å². The van der Waals surface area contributed by atoms with Crippen LogP contribution in [0.15, 0.2) is 58.6 Å². The summed E-state index contributed by atoms with van der Waals surface area (Å²) in [7, 11) is 0. The molecule has 0 saturated carbocycles. The largest absolute Gasteiger partial charge is 0.325 e. The van der Waals surface area contributed by atoms with Crippen molar-refractivity contribution in [1.82, 2.24) is 9.55 Å². The van der Waals surface area contributed by atoms with E-state index in [1.807, 2.05) is 52.5 Å². The maximum atomic E-state index is 12.1. The Kier molecular flexibility index (Phi) is 4.17. The fourth-order valence-electron chi connectivity index (χ4n) is 1.96. The molecular formula is C15H12BrN3OS. The van der Waals surface area contributed by atoms with Gasteiger partial charge in [0.05, 0.1) is 4.88 Å². The molecule has 0 atom stereocenters. The highest BCUT2D eigenvalue weighted by Crippen LogP contribution is 2.22. The highest BCUT2D eigenvalue weighted by atomic mass is 79.9. The van der Waals surface area contributed by atoms with Gasteiger partial charge in [-0.1, -0.05) is 22.0 Å². The smallest absolute Gasteiger partial charge is 0.244 e. The van der Waals surface area contributed by atoms with E-state index in [0.29, 0.717) is 0 Å². The summed E-state index contributed by atoms with van der Waals surface area (Å²) in [4.78, 5) is 17.5. The first-order valence-electron chi connectivity index (χ1n) is 6.33. The Morgan fingerprint density at radius 3 is 2.81 bits per heavy atom. The summed E-state index contributed by atoms with van der Waals surface area (Å²) in [5.41, 5.74) is 0.779. The molecule has 2 heterocycles. The summed E-state index contributed by atoms with van der Waals surface area (Å²) in [5.74, 6) is 0.740. The molecule has 1 aromatic carbocycles. The summed E-state index contributed by atoms with van der Waals surface area (Å²) in [6, 6.07) is 11.5. The topological polar surface area (TPSA) is 46.9 Å². The van der Waals surface area contributed by atoms with Gasteiger partial charge in [0.25, 0.3) is 0 Å². The summed E-state index contributed by atoms with van der Waals surface area (Å²) in [6.45, 7) is 0.239. The van der Waals surface area contributed by atoms with Gasteiger partial charge in [0.1, 0.15) is 12.4 Å². The van der Waals surface area contributed by atoms with Crippen molar-refractivity contribution in [1.29, 1.82) is 0 Å². The molecule has 0 saturated heterocycles. The maximum absolute atomic E-state index is 12.1. The average Bonchev–Trinajstić information content (AvgIpc) is 3.11. The Labute approximate surface area is 134 Å². The van der Waals surface area contributed by atoms with Crippen LogP contribution in [0.2, 0.25) is 0 Å². The molecule has 1 N–H and O–H groups in total. The van der Waals surface area contributed by atoms with Gasteiger partial charge in [-0.3, -0.25) is 4.79 Å². The van der Waals surface area contributed by atoms with Crippen LogP contribution in [0, 0.1) is 0 Å². The van der Waals surface area contributed by atoms with Gasteiger partial charge in [0, 0.05) is 22.6 Å². The maximum Gasteiger partial charge on any atom is 0.244 e. The summed E-state index contributed by atoms with van der Waals surface area (Å²) in [5, 5.41) is 4.87. The zero-order chi connectivity index (χ0) is 14.7. The lowest BCUT2D eigenvalue weighted by Crippen LogP contribution is -2.18. The van der Waals surface area contributed by atoms with Gasteiger partial charge in [-0.25, -0.2) is 4.98 Å². The van der Waals surface area contributed by atoms with Crippen molar-refractivity contribution in [3.8, 4) is 10.7 Å². The third-order valence-corrected chi connectivity index (χ3v) is 4.29. The molecule has 0 aliphatic heterocycles. The van der Waals surface area contributed by atoms with E-state index in [2.05, 4.69) is 26.2 Å².